The Morgan fingerprint density at radius 1 is 0.964 bits per heavy atom. The minimum atomic E-state index is 0.122. The quantitative estimate of drug-likeness (QED) is 0.683. The highest BCUT2D eigenvalue weighted by Gasteiger charge is 2.46. The van der Waals surface area contributed by atoms with Gasteiger partial charge in [0.05, 0.1) is 0 Å². The number of hydrogen-bond acceptors (Lipinski definition) is 3. The van der Waals surface area contributed by atoms with Crippen LogP contribution >= 0.6 is 11.3 Å². The van der Waals surface area contributed by atoms with Crippen LogP contribution in [0.4, 0.5) is 0 Å². The molecule has 144 valence electrons. The highest BCUT2D eigenvalue weighted by molar-refractivity contribution is 7.10. The van der Waals surface area contributed by atoms with E-state index in [0.717, 1.165) is 17.3 Å². The number of nitrogens with zero attached hydrogens (tertiary/aromatic N) is 3. The van der Waals surface area contributed by atoms with E-state index in [1.54, 1.807) is 11.3 Å². The number of hydrogen-bond donors (Lipinski definition) is 0. The third kappa shape index (κ3) is 3.22. The van der Waals surface area contributed by atoms with Gasteiger partial charge in [0, 0.05) is 54.6 Å². The minimum Gasteiger partial charge on any atom is -0.339 e. The van der Waals surface area contributed by atoms with Gasteiger partial charge in [0.1, 0.15) is 6.54 Å². The van der Waals surface area contributed by atoms with E-state index < -0.39 is 0 Å². The van der Waals surface area contributed by atoms with Crippen LogP contribution in [0.2, 0.25) is 0 Å². The molecular weight excluding hydrogens is 370 g/mol. The molecule has 0 N–H and O–H groups in total. The molecule has 0 unspecified atom stereocenters. The van der Waals surface area contributed by atoms with Crippen molar-refractivity contribution in [3.8, 4) is 0 Å². The Kier molecular flexibility index (Phi) is 4.43. The molecule has 0 bridgehead atoms. The lowest BCUT2D eigenvalue weighted by molar-refractivity contribution is -0.140. The second-order valence-electron chi connectivity index (χ2n) is 7.67. The van der Waals surface area contributed by atoms with Gasteiger partial charge in [-0.15, -0.1) is 11.3 Å². The maximum Gasteiger partial charge on any atom is 0.242 e. The molecule has 5 nitrogen and oxygen atoms in total. The van der Waals surface area contributed by atoms with Gasteiger partial charge < -0.3 is 14.4 Å². The topological polar surface area (TPSA) is 45.6 Å². The van der Waals surface area contributed by atoms with Crippen molar-refractivity contribution in [1.82, 2.24) is 14.4 Å². The van der Waals surface area contributed by atoms with Crippen LogP contribution in [0.1, 0.15) is 17.2 Å². The predicted molar refractivity (Wildman–Crippen MR) is 110 cm³/mol. The number of fused-ring (bicyclic) bond motifs is 1. The molecule has 0 spiro atoms. The first kappa shape index (κ1) is 17.5. The Labute approximate surface area is 168 Å². The second kappa shape index (κ2) is 7.09. The lowest BCUT2D eigenvalue weighted by atomic mass is 10.2. The zero-order valence-electron chi connectivity index (χ0n) is 15.7. The van der Waals surface area contributed by atoms with Crippen LogP contribution in [0.5, 0.6) is 0 Å². The van der Waals surface area contributed by atoms with E-state index in [1.807, 2.05) is 44.8 Å². The molecule has 5 rings (SSSR count). The van der Waals surface area contributed by atoms with Crippen molar-refractivity contribution in [2.45, 2.75) is 18.9 Å². The van der Waals surface area contributed by atoms with E-state index in [9.17, 15) is 9.59 Å². The van der Waals surface area contributed by atoms with Gasteiger partial charge in [-0.1, -0.05) is 24.3 Å². The largest absolute Gasteiger partial charge is 0.339 e. The molecule has 2 fully saturated rings. The summed E-state index contributed by atoms with van der Waals surface area (Å²) in [6.07, 6.45) is 2.94. The molecule has 3 aromatic rings. The van der Waals surface area contributed by atoms with Crippen molar-refractivity contribution in [2.75, 3.05) is 26.2 Å². The Morgan fingerprint density at radius 3 is 2.54 bits per heavy atom. The summed E-state index contributed by atoms with van der Waals surface area (Å²) in [6.45, 7) is 2.89. The number of carbonyl (C=O) groups is 2. The van der Waals surface area contributed by atoms with Gasteiger partial charge in [0.25, 0.3) is 0 Å². The maximum atomic E-state index is 12.8. The van der Waals surface area contributed by atoms with Crippen LogP contribution in [-0.4, -0.2) is 52.4 Å². The molecule has 1 saturated heterocycles. The zero-order chi connectivity index (χ0) is 19.1. The van der Waals surface area contributed by atoms with Gasteiger partial charge in [0.2, 0.25) is 11.8 Å². The van der Waals surface area contributed by atoms with E-state index >= 15 is 0 Å². The lowest BCUT2D eigenvalue weighted by Gasteiger charge is -2.35. The van der Waals surface area contributed by atoms with Crippen molar-refractivity contribution >= 4 is 34.1 Å². The van der Waals surface area contributed by atoms with E-state index in [4.69, 9.17) is 0 Å². The van der Waals surface area contributed by atoms with E-state index in [-0.39, 0.29) is 17.7 Å². The van der Waals surface area contributed by atoms with Crippen molar-refractivity contribution < 1.29 is 9.59 Å². The fourth-order valence-corrected chi connectivity index (χ4v) is 5.13. The molecule has 2 amide bonds. The van der Waals surface area contributed by atoms with Crippen LogP contribution < -0.4 is 0 Å². The number of piperazine rings is 1. The fourth-order valence-electron chi connectivity index (χ4n) is 4.22. The van der Waals surface area contributed by atoms with Crippen molar-refractivity contribution in [1.29, 1.82) is 0 Å². The average Bonchev–Trinajstić information content (AvgIpc) is 3.14. The lowest BCUT2D eigenvalue weighted by Crippen LogP contribution is -2.51. The van der Waals surface area contributed by atoms with E-state index in [1.165, 1.54) is 4.88 Å². The predicted octanol–water partition coefficient (Wildman–Crippen LogP) is 3.18. The van der Waals surface area contributed by atoms with Crippen LogP contribution in [0.25, 0.3) is 10.9 Å². The van der Waals surface area contributed by atoms with Gasteiger partial charge in [-0.3, -0.25) is 9.59 Å². The Morgan fingerprint density at radius 2 is 1.75 bits per heavy atom. The molecule has 0 radical (unpaired) electrons. The number of amides is 2. The smallest absolute Gasteiger partial charge is 0.242 e. The normalized spacial score (nSPS) is 21.9. The standard InChI is InChI=1S/C22H23N3O2S/c26-21(15-25-8-7-16-4-1-2-5-19(16)25)23-9-11-24(12-10-23)22(27)18-14-17(18)20-6-3-13-28-20/h1-8,13,17-18H,9-12,14-15H2/t17-,18+/m1/s1. The first-order valence-electron chi connectivity index (χ1n) is 9.84. The summed E-state index contributed by atoms with van der Waals surface area (Å²) >= 11 is 1.74. The maximum absolute atomic E-state index is 12.8. The summed E-state index contributed by atoms with van der Waals surface area (Å²) in [5, 5.41) is 3.23. The third-order valence-electron chi connectivity index (χ3n) is 5.95. The first-order valence-corrected chi connectivity index (χ1v) is 10.7. The molecular formula is C22H23N3O2S. The first-order chi connectivity index (χ1) is 13.7. The molecule has 2 atom stereocenters. The van der Waals surface area contributed by atoms with Gasteiger partial charge in [-0.25, -0.2) is 0 Å². The number of thiophene rings is 1. The minimum absolute atomic E-state index is 0.122. The SMILES string of the molecule is O=C(Cn1ccc2ccccc21)N1CCN(C(=O)[C@H]2C[C@H]2c2cccs2)CC1. The van der Waals surface area contributed by atoms with Gasteiger partial charge in [-0.05, 0) is 35.4 Å². The Balaban J connectivity index is 1.16. The van der Waals surface area contributed by atoms with Crippen molar-refractivity contribution in [3.05, 3.63) is 58.9 Å². The van der Waals surface area contributed by atoms with Crippen molar-refractivity contribution in [2.24, 2.45) is 5.92 Å². The zero-order valence-corrected chi connectivity index (χ0v) is 16.5. The van der Waals surface area contributed by atoms with Gasteiger partial charge in [0.15, 0.2) is 0 Å². The number of carbonyl (C=O) groups excluding carboxylic acids is 2. The van der Waals surface area contributed by atoms with E-state index in [2.05, 4.69) is 23.6 Å². The number of para-hydroxylation sites is 1. The highest BCUT2D eigenvalue weighted by Crippen LogP contribution is 2.50. The Hall–Kier alpha value is -2.60. The van der Waals surface area contributed by atoms with Crippen LogP contribution in [0.3, 0.4) is 0 Å². The van der Waals surface area contributed by atoms with E-state index in [0.29, 0.717) is 38.6 Å². The summed E-state index contributed by atoms with van der Waals surface area (Å²) in [7, 11) is 0. The molecule has 1 aliphatic heterocycles. The number of rotatable bonds is 4. The van der Waals surface area contributed by atoms with Gasteiger partial charge >= 0.3 is 0 Å². The summed E-state index contributed by atoms with van der Waals surface area (Å²) in [5.74, 6) is 0.944. The summed E-state index contributed by atoms with van der Waals surface area (Å²) in [4.78, 5) is 30.7. The molecule has 2 aliphatic rings. The second-order valence-corrected chi connectivity index (χ2v) is 8.65. The molecule has 28 heavy (non-hydrogen) atoms. The molecule has 6 heteroatoms. The van der Waals surface area contributed by atoms with Crippen molar-refractivity contribution in [3.63, 3.8) is 0 Å². The van der Waals surface area contributed by atoms with Crippen LogP contribution in [0, 0.1) is 5.92 Å². The molecule has 3 heterocycles. The number of benzene rings is 1. The fraction of sp³-hybridized carbons (Fsp3) is 0.364. The highest BCUT2D eigenvalue weighted by atomic mass is 32.1. The average molecular weight is 394 g/mol. The summed E-state index contributed by atoms with van der Waals surface area (Å²) in [5.41, 5.74) is 1.08. The Bertz CT molecular complexity index is 1000. The molecule has 1 aliphatic carbocycles. The monoisotopic (exact) mass is 393 g/mol. The van der Waals surface area contributed by atoms with Crippen LogP contribution in [0.15, 0.2) is 54.0 Å². The summed E-state index contributed by atoms with van der Waals surface area (Å²) in [6, 6.07) is 14.3. The summed E-state index contributed by atoms with van der Waals surface area (Å²) < 4.78 is 2.00. The molecule has 2 aromatic heterocycles. The molecule has 1 aromatic carbocycles. The molecule has 1 saturated carbocycles. The van der Waals surface area contributed by atoms with Gasteiger partial charge in [-0.2, -0.15) is 0 Å². The number of aromatic nitrogens is 1. The third-order valence-corrected chi connectivity index (χ3v) is 6.95. The van der Waals surface area contributed by atoms with Crippen LogP contribution in [-0.2, 0) is 16.1 Å².